The zero-order valence-electron chi connectivity index (χ0n) is 17.1. The van der Waals surface area contributed by atoms with Crippen LogP contribution in [0.25, 0.3) is 0 Å². The van der Waals surface area contributed by atoms with Crippen LogP contribution in [-0.4, -0.2) is 17.9 Å². The zero-order valence-corrected chi connectivity index (χ0v) is 17.1. The summed E-state index contributed by atoms with van der Waals surface area (Å²) in [5.41, 5.74) is 2.48. The molecule has 2 aromatic rings. The Morgan fingerprint density at radius 3 is 2.14 bits per heavy atom. The zero-order chi connectivity index (χ0) is 20.5. The molecule has 0 fully saturated rings. The maximum absolute atomic E-state index is 12.5. The fourth-order valence-electron chi connectivity index (χ4n) is 2.79. The summed E-state index contributed by atoms with van der Waals surface area (Å²) >= 11 is 0. The maximum Gasteiger partial charge on any atom is 0.265 e. The molecule has 0 spiro atoms. The number of carbonyl (C=O) groups excluding carboxylic acids is 2. The van der Waals surface area contributed by atoms with E-state index in [0.717, 1.165) is 24.2 Å². The average molecular weight is 383 g/mol. The van der Waals surface area contributed by atoms with Gasteiger partial charge in [-0.1, -0.05) is 39.0 Å². The van der Waals surface area contributed by atoms with Gasteiger partial charge in [-0.15, -0.1) is 0 Å². The third-order valence-corrected chi connectivity index (χ3v) is 4.65. The largest absolute Gasteiger partial charge is 0.481 e. The van der Waals surface area contributed by atoms with Crippen LogP contribution in [0.4, 0.5) is 11.4 Å². The molecular weight excluding hydrogens is 352 g/mol. The second kappa shape index (κ2) is 10.5. The van der Waals surface area contributed by atoms with Crippen LogP contribution >= 0.6 is 0 Å². The Labute approximate surface area is 167 Å². The Morgan fingerprint density at radius 1 is 0.929 bits per heavy atom. The first-order chi connectivity index (χ1) is 13.4. The van der Waals surface area contributed by atoms with Crippen molar-refractivity contribution >= 4 is 23.2 Å². The second-order valence-corrected chi connectivity index (χ2v) is 6.97. The molecule has 0 bridgehead atoms. The van der Waals surface area contributed by atoms with E-state index in [0.29, 0.717) is 23.7 Å². The van der Waals surface area contributed by atoms with Crippen LogP contribution in [0, 0.1) is 0 Å². The van der Waals surface area contributed by atoms with E-state index in [1.54, 1.807) is 31.2 Å². The highest BCUT2D eigenvalue weighted by molar-refractivity contribution is 5.95. The fourth-order valence-corrected chi connectivity index (χ4v) is 2.79. The molecule has 5 heteroatoms. The maximum atomic E-state index is 12.5. The van der Waals surface area contributed by atoms with Crippen LogP contribution in [0.2, 0.25) is 0 Å². The lowest BCUT2D eigenvalue weighted by atomic mass is 9.98. The monoisotopic (exact) mass is 382 g/mol. The molecule has 0 aliphatic rings. The van der Waals surface area contributed by atoms with Gasteiger partial charge in [0.15, 0.2) is 6.10 Å². The van der Waals surface area contributed by atoms with Crippen molar-refractivity contribution in [1.82, 2.24) is 0 Å². The van der Waals surface area contributed by atoms with Gasteiger partial charge in [0.25, 0.3) is 5.91 Å². The quantitative estimate of drug-likeness (QED) is 0.615. The third-order valence-electron chi connectivity index (χ3n) is 4.65. The molecule has 2 amide bonds. The summed E-state index contributed by atoms with van der Waals surface area (Å²) < 4.78 is 5.94. The number of hydrogen-bond donors (Lipinski definition) is 2. The van der Waals surface area contributed by atoms with Gasteiger partial charge in [-0.2, -0.15) is 0 Å². The van der Waals surface area contributed by atoms with Gasteiger partial charge in [0.1, 0.15) is 5.75 Å². The molecule has 0 aliphatic heterocycles. The van der Waals surface area contributed by atoms with Gasteiger partial charge in [-0.25, -0.2) is 0 Å². The van der Waals surface area contributed by atoms with Crippen LogP contribution in [-0.2, 0) is 9.59 Å². The van der Waals surface area contributed by atoms with E-state index in [-0.39, 0.29) is 11.8 Å². The lowest BCUT2D eigenvalue weighted by molar-refractivity contribution is -0.122. The molecule has 2 atom stereocenters. The first-order valence-electron chi connectivity index (χ1n) is 9.90. The first kappa shape index (κ1) is 21.5. The Bertz CT molecular complexity index is 787. The minimum Gasteiger partial charge on any atom is -0.481 e. The Balaban J connectivity index is 1.97. The second-order valence-electron chi connectivity index (χ2n) is 6.97. The van der Waals surface area contributed by atoms with Gasteiger partial charge in [0.2, 0.25) is 5.91 Å². The molecule has 0 heterocycles. The van der Waals surface area contributed by atoms with Gasteiger partial charge in [0, 0.05) is 17.8 Å². The molecule has 150 valence electrons. The molecule has 2 rings (SSSR count). The topological polar surface area (TPSA) is 67.4 Å². The third kappa shape index (κ3) is 6.12. The van der Waals surface area contributed by atoms with E-state index in [2.05, 4.69) is 24.5 Å². The minimum atomic E-state index is -0.630. The Hall–Kier alpha value is -2.82. The molecule has 5 nitrogen and oxygen atoms in total. The normalized spacial score (nSPS) is 12.7. The Kier molecular flexibility index (Phi) is 8.05. The van der Waals surface area contributed by atoms with Crippen molar-refractivity contribution in [2.75, 3.05) is 10.6 Å². The smallest absolute Gasteiger partial charge is 0.265 e. The van der Waals surface area contributed by atoms with E-state index >= 15 is 0 Å². The van der Waals surface area contributed by atoms with Gasteiger partial charge >= 0.3 is 0 Å². The minimum absolute atomic E-state index is 0.0127. The van der Waals surface area contributed by atoms with Crippen LogP contribution in [0.3, 0.4) is 0 Å². The molecular formula is C23H30N2O3. The molecule has 2 N–H and O–H groups in total. The molecule has 0 radical (unpaired) electrons. The number of ether oxygens (including phenoxy) is 1. The number of benzene rings is 2. The number of amides is 2. The van der Waals surface area contributed by atoms with Crippen molar-refractivity contribution < 1.29 is 14.3 Å². The van der Waals surface area contributed by atoms with Crippen molar-refractivity contribution in [3.63, 3.8) is 0 Å². The number of nitrogens with one attached hydrogen (secondary N) is 2. The van der Waals surface area contributed by atoms with Crippen LogP contribution in [0.1, 0.15) is 58.4 Å². The predicted molar refractivity (Wildman–Crippen MR) is 114 cm³/mol. The van der Waals surface area contributed by atoms with Gasteiger partial charge in [-0.05, 0) is 61.6 Å². The molecule has 28 heavy (non-hydrogen) atoms. The van der Waals surface area contributed by atoms with Crippen molar-refractivity contribution in [3.8, 4) is 5.75 Å². The van der Waals surface area contributed by atoms with E-state index in [9.17, 15) is 9.59 Å². The van der Waals surface area contributed by atoms with Crippen molar-refractivity contribution in [1.29, 1.82) is 0 Å². The number of para-hydroxylation sites is 1. The van der Waals surface area contributed by atoms with Crippen LogP contribution < -0.4 is 15.4 Å². The van der Waals surface area contributed by atoms with Gasteiger partial charge in [0.05, 0.1) is 0 Å². The summed E-state index contributed by atoms with van der Waals surface area (Å²) in [6.45, 7) is 7.98. The molecule has 2 unspecified atom stereocenters. The molecule has 0 aliphatic carbocycles. The van der Waals surface area contributed by atoms with Crippen LogP contribution in [0.15, 0.2) is 48.5 Å². The van der Waals surface area contributed by atoms with Gasteiger partial charge in [-0.3, -0.25) is 9.59 Å². The number of hydrogen-bond acceptors (Lipinski definition) is 3. The fraction of sp³-hybridized carbons (Fsp3) is 0.391. The predicted octanol–water partition coefficient (Wildman–Crippen LogP) is 5.34. The van der Waals surface area contributed by atoms with E-state index < -0.39 is 6.10 Å². The number of rotatable bonds is 9. The SMILES string of the molecule is CCCC(=O)Nc1ccc(NC(=O)C(C)Oc2ccccc2C(C)CC)cc1. The summed E-state index contributed by atoms with van der Waals surface area (Å²) in [5.74, 6) is 0.874. The Morgan fingerprint density at radius 2 is 1.54 bits per heavy atom. The highest BCUT2D eigenvalue weighted by Gasteiger charge is 2.18. The van der Waals surface area contributed by atoms with Crippen LogP contribution in [0.5, 0.6) is 5.75 Å². The summed E-state index contributed by atoms with van der Waals surface area (Å²) in [5, 5.41) is 5.68. The summed E-state index contributed by atoms with van der Waals surface area (Å²) in [6.07, 6.45) is 1.67. The van der Waals surface area contributed by atoms with Crippen molar-refractivity contribution in [3.05, 3.63) is 54.1 Å². The summed E-state index contributed by atoms with van der Waals surface area (Å²) in [6, 6.07) is 14.9. The van der Waals surface area contributed by atoms with E-state index in [1.807, 2.05) is 31.2 Å². The number of anilines is 2. The summed E-state index contributed by atoms with van der Waals surface area (Å²) in [4.78, 5) is 24.1. The molecule has 0 saturated carbocycles. The molecule has 2 aromatic carbocycles. The van der Waals surface area contributed by atoms with E-state index in [1.165, 1.54) is 0 Å². The van der Waals surface area contributed by atoms with Gasteiger partial charge < -0.3 is 15.4 Å². The van der Waals surface area contributed by atoms with Crippen molar-refractivity contribution in [2.45, 2.75) is 59.0 Å². The summed E-state index contributed by atoms with van der Waals surface area (Å²) in [7, 11) is 0. The number of carbonyl (C=O) groups is 2. The highest BCUT2D eigenvalue weighted by atomic mass is 16.5. The highest BCUT2D eigenvalue weighted by Crippen LogP contribution is 2.29. The van der Waals surface area contributed by atoms with E-state index in [4.69, 9.17) is 4.74 Å². The standard InChI is InChI=1S/C23H30N2O3/c1-5-9-22(26)24-18-12-14-19(15-13-18)25-23(27)17(4)28-21-11-8-7-10-20(21)16(3)6-2/h7-8,10-17H,5-6,9H2,1-4H3,(H,24,26)(H,25,27). The molecule has 0 aromatic heterocycles. The first-order valence-corrected chi connectivity index (χ1v) is 9.90. The average Bonchev–Trinajstić information content (AvgIpc) is 2.69. The molecule has 0 saturated heterocycles. The lowest BCUT2D eigenvalue weighted by Crippen LogP contribution is -2.30. The van der Waals surface area contributed by atoms with Crippen molar-refractivity contribution in [2.24, 2.45) is 0 Å². The lowest BCUT2D eigenvalue weighted by Gasteiger charge is -2.19.